The maximum atomic E-state index is 12.9. The van der Waals surface area contributed by atoms with Gasteiger partial charge in [0.15, 0.2) is 0 Å². The van der Waals surface area contributed by atoms with Gasteiger partial charge >= 0.3 is 0 Å². The molecule has 170 valence electrons. The third-order valence-corrected chi connectivity index (χ3v) is 6.12. The monoisotopic (exact) mass is 424 g/mol. The molecule has 1 aromatic carbocycles. The first-order chi connectivity index (χ1) is 14.7. The lowest BCUT2D eigenvalue weighted by Crippen LogP contribution is -2.19. The average Bonchev–Trinajstić information content (AvgIpc) is 3.42. The van der Waals surface area contributed by atoms with E-state index in [0.29, 0.717) is 17.9 Å². The summed E-state index contributed by atoms with van der Waals surface area (Å²) in [6.45, 7) is 13.2. The number of nitrogens with one attached hydrogen (secondary N) is 1. The first-order valence-corrected chi connectivity index (χ1v) is 12.0. The van der Waals surface area contributed by atoms with Crippen molar-refractivity contribution in [3.8, 4) is 0 Å². The topological polar surface area (TPSA) is 59.8 Å². The Balaban J connectivity index is 1.73. The summed E-state index contributed by atoms with van der Waals surface area (Å²) in [6, 6.07) is 6.67. The number of aryl methyl sites for hydroxylation is 3. The number of carbonyl (C=O) groups is 1. The number of anilines is 1. The van der Waals surface area contributed by atoms with Crippen molar-refractivity contribution in [2.75, 3.05) is 5.32 Å². The number of amides is 1. The Bertz CT molecular complexity index is 889. The Morgan fingerprint density at radius 1 is 1.23 bits per heavy atom. The molecule has 1 aliphatic carbocycles. The second-order valence-corrected chi connectivity index (χ2v) is 10.5. The molecule has 1 atom stereocenters. The van der Waals surface area contributed by atoms with Crippen LogP contribution in [0.3, 0.4) is 0 Å². The van der Waals surface area contributed by atoms with Gasteiger partial charge in [0, 0.05) is 30.5 Å². The van der Waals surface area contributed by atoms with Crippen LogP contribution in [0.5, 0.6) is 0 Å². The van der Waals surface area contributed by atoms with E-state index in [1.807, 2.05) is 19.1 Å². The maximum Gasteiger partial charge on any atom is 0.225 e. The molecule has 0 bridgehead atoms. The molecule has 1 amide bonds. The molecule has 0 saturated heterocycles. The van der Waals surface area contributed by atoms with Gasteiger partial charge in [-0.1, -0.05) is 51.8 Å². The summed E-state index contributed by atoms with van der Waals surface area (Å²) >= 11 is 0. The predicted octanol–water partition coefficient (Wildman–Crippen LogP) is 6.51. The highest BCUT2D eigenvalue weighted by Crippen LogP contribution is 2.40. The molecule has 1 heterocycles. The van der Waals surface area contributed by atoms with Gasteiger partial charge in [-0.15, -0.1) is 10.2 Å². The van der Waals surface area contributed by atoms with Crippen molar-refractivity contribution >= 4 is 11.6 Å². The van der Waals surface area contributed by atoms with E-state index in [4.69, 9.17) is 0 Å². The first kappa shape index (κ1) is 23.5. The van der Waals surface area contributed by atoms with Crippen molar-refractivity contribution in [3.05, 3.63) is 41.0 Å². The number of rotatable bonds is 10. The minimum atomic E-state index is 0.0602. The fourth-order valence-electron chi connectivity index (χ4n) is 4.34. The van der Waals surface area contributed by atoms with Gasteiger partial charge in [0.2, 0.25) is 5.91 Å². The number of hydrogen-bond acceptors (Lipinski definition) is 3. The van der Waals surface area contributed by atoms with E-state index in [-0.39, 0.29) is 11.8 Å². The largest absolute Gasteiger partial charge is 0.326 e. The lowest BCUT2D eigenvalue weighted by atomic mass is 9.90. The number of nitrogens with zero attached hydrogens (tertiary/aromatic N) is 3. The SMILES string of the molecule is CCC[C@@H](CC(=O)Nc1ccc(C)cc1C)c1nnc(CCCC(C)(C)C)n1C1CC1. The molecular formula is C26H40N4O. The van der Waals surface area contributed by atoms with Crippen molar-refractivity contribution in [3.63, 3.8) is 0 Å². The molecule has 0 radical (unpaired) electrons. The molecular weight excluding hydrogens is 384 g/mol. The smallest absolute Gasteiger partial charge is 0.225 e. The highest BCUT2D eigenvalue weighted by molar-refractivity contribution is 5.92. The predicted molar refractivity (Wildman–Crippen MR) is 127 cm³/mol. The highest BCUT2D eigenvalue weighted by Gasteiger charge is 2.32. The number of benzene rings is 1. The summed E-state index contributed by atoms with van der Waals surface area (Å²) in [7, 11) is 0. The Morgan fingerprint density at radius 2 is 1.97 bits per heavy atom. The van der Waals surface area contributed by atoms with Gasteiger partial charge in [-0.25, -0.2) is 0 Å². The molecule has 5 heteroatoms. The third-order valence-electron chi connectivity index (χ3n) is 6.12. The van der Waals surface area contributed by atoms with Crippen LogP contribution < -0.4 is 5.32 Å². The number of hydrogen-bond donors (Lipinski definition) is 1. The lowest BCUT2D eigenvalue weighted by Gasteiger charge is -2.19. The summed E-state index contributed by atoms with van der Waals surface area (Å²) in [4.78, 5) is 12.9. The maximum absolute atomic E-state index is 12.9. The Labute approximate surface area is 188 Å². The Morgan fingerprint density at radius 3 is 2.58 bits per heavy atom. The highest BCUT2D eigenvalue weighted by atomic mass is 16.1. The van der Waals surface area contributed by atoms with Crippen LogP contribution in [0.15, 0.2) is 18.2 Å². The lowest BCUT2D eigenvalue weighted by molar-refractivity contribution is -0.116. The minimum Gasteiger partial charge on any atom is -0.326 e. The van der Waals surface area contributed by atoms with Crippen molar-refractivity contribution in [1.29, 1.82) is 0 Å². The molecule has 1 aromatic heterocycles. The van der Waals surface area contributed by atoms with Crippen LogP contribution in [0.4, 0.5) is 5.69 Å². The van der Waals surface area contributed by atoms with Crippen molar-refractivity contribution in [2.24, 2.45) is 5.41 Å². The van der Waals surface area contributed by atoms with Crippen molar-refractivity contribution in [1.82, 2.24) is 14.8 Å². The zero-order valence-electron chi connectivity index (χ0n) is 20.3. The quantitative estimate of drug-likeness (QED) is 0.473. The van der Waals surface area contributed by atoms with E-state index in [9.17, 15) is 4.79 Å². The molecule has 1 fully saturated rings. The Kier molecular flexibility index (Phi) is 7.55. The van der Waals surface area contributed by atoms with Gasteiger partial charge in [0.1, 0.15) is 11.6 Å². The zero-order chi connectivity index (χ0) is 22.6. The normalized spacial score (nSPS) is 15.2. The van der Waals surface area contributed by atoms with Gasteiger partial charge in [-0.3, -0.25) is 4.79 Å². The fourth-order valence-corrected chi connectivity index (χ4v) is 4.34. The van der Waals surface area contributed by atoms with Crippen LogP contribution in [0.1, 0.15) is 107 Å². The van der Waals surface area contributed by atoms with Gasteiger partial charge in [0.25, 0.3) is 0 Å². The summed E-state index contributed by atoms with van der Waals surface area (Å²) in [5.74, 6) is 2.30. The van der Waals surface area contributed by atoms with Crippen molar-refractivity contribution < 1.29 is 4.79 Å². The first-order valence-electron chi connectivity index (χ1n) is 12.0. The van der Waals surface area contributed by atoms with E-state index in [1.165, 1.54) is 24.8 Å². The molecule has 1 saturated carbocycles. The standard InChI is InChI=1S/C26H40N4O/c1-7-9-20(17-24(31)27-22-14-11-18(2)16-19(22)3)25-29-28-23(30(25)21-12-13-21)10-8-15-26(4,5)6/h11,14,16,20-21H,7-10,12-13,15,17H2,1-6H3,(H,27,31)/t20-/m0/s1. The van der Waals surface area contributed by atoms with Crippen LogP contribution in [-0.4, -0.2) is 20.7 Å². The number of aromatic nitrogens is 3. The summed E-state index contributed by atoms with van der Waals surface area (Å²) in [6.07, 6.45) is 8.10. The average molecular weight is 425 g/mol. The van der Waals surface area contributed by atoms with Crippen LogP contribution in [-0.2, 0) is 11.2 Å². The molecule has 31 heavy (non-hydrogen) atoms. The van der Waals surface area contributed by atoms with E-state index < -0.39 is 0 Å². The molecule has 0 unspecified atom stereocenters. The van der Waals surface area contributed by atoms with E-state index in [1.54, 1.807) is 0 Å². The summed E-state index contributed by atoms with van der Waals surface area (Å²) in [5, 5.41) is 12.4. The molecule has 2 aromatic rings. The third kappa shape index (κ3) is 6.65. The minimum absolute atomic E-state index is 0.0602. The van der Waals surface area contributed by atoms with Crippen LogP contribution in [0.2, 0.25) is 0 Å². The van der Waals surface area contributed by atoms with E-state index >= 15 is 0 Å². The van der Waals surface area contributed by atoms with Gasteiger partial charge in [-0.05, 0) is 63.0 Å². The molecule has 0 spiro atoms. The van der Waals surface area contributed by atoms with Crippen molar-refractivity contribution in [2.45, 2.75) is 105 Å². The number of carbonyl (C=O) groups excluding carboxylic acids is 1. The van der Waals surface area contributed by atoms with Gasteiger partial charge in [0.05, 0.1) is 0 Å². The van der Waals surface area contributed by atoms with Crippen LogP contribution in [0.25, 0.3) is 0 Å². The molecule has 1 aliphatic rings. The summed E-state index contributed by atoms with van der Waals surface area (Å²) < 4.78 is 2.38. The molecule has 3 rings (SSSR count). The van der Waals surface area contributed by atoms with Gasteiger partial charge < -0.3 is 9.88 Å². The van der Waals surface area contributed by atoms with E-state index in [2.05, 4.69) is 60.8 Å². The Hall–Kier alpha value is -2.17. The van der Waals surface area contributed by atoms with Crippen LogP contribution >= 0.6 is 0 Å². The second kappa shape index (κ2) is 9.97. The second-order valence-electron chi connectivity index (χ2n) is 10.5. The van der Waals surface area contributed by atoms with Gasteiger partial charge in [-0.2, -0.15) is 0 Å². The molecule has 1 N–H and O–H groups in total. The molecule has 5 nitrogen and oxygen atoms in total. The summed E-state index contributed by atoms with van der Waals surface area (Å²) in [5.41, 5.74) is 3.54. The van der Waals surface area contributed by atoms with E-state index in [0.717, 1.165) is 48.6 Å². The molecule has 0 aliphatic heterocycles. The fraction of sp³-hybridized carbons (Fsp3) is 0.654. The van der Waals surface area contributed by atoms with Crippen LogP contribution in [0, 0.1) is 19.3 Å². The zero-order valence-corrected chi connectivity index (χ0v) is 20.3.